The van der Waals surface area contributed by atoms with Gasteiger partial charge in [0.15, 0.2) is 12.2 Å². The standard InChI is InChI=1S/C11H18ClN5/c1-7(2)15-10(13)17-11(14)16-9-5-3-8(12)4-6-9/h3-7,11,16H,14H2,1-2H3,(H3,13,15,17). The van der Waals surface area contributed by atoms with Crippen LogP contribution in [-0.4, -0.2) is 18.3 Å². The van der Waals surface area contributed by atoms with Crippen LogP contribution in [0.3, 0.4) is 0 Å². The molecule has 17 heavy (non-hydrogen) atoms. The second kappa shape index (κ2) is 6.32. The van der Waals surface area contributed by atoms with E-state index in [4.69, 9.17) is 23.1 Å². The maximum absolute atomic E-state index is 5.77. The molecule has 0 aliphatic carbocycles. The van der Waals surface area contributed by atoms with Crippen LogP contribution in [0, 0.1) is 0 Å². The highest BCUT2D eigenvalue weighted by molar-refractivity contribution is 6.30. The molecular weight excluding hydrogens is 238 g/mol. The number of halogens is 1. The quantitative estimate of drug-likeness (QED) is 0.371. The van der Waals surface area contributed by atoms with E-state index in [0.29, 0.717) is 11.0 Å². The maximum Gasteiger partial charge on any atom is 0.192 e. The lowest BCUT2D eigenvalue weighted by Crippen LogP contribution is -2.40. The second-order valence-electron chi connectivity index (χ2n) is 3.91. The average Bonchev–Trinajstić information content (AvgIpc) is 2.19. The van der Waals surface area contributed by atoms with Crippen molar-refractivity contribution in [2.24, 2.45) is 16.5 Å². The molecule has 1 unspecified atom stereocenters. The van der Waals surface area contributed by atoms with E-state index in [9.17, 15) is 0 Å². The zero-order valence-corrected chi connectivity index (χ0v) is 10.7. The van der Waals surface area contributed by atoms with Gasteiger partial charge in [-0.05, 0) is 38.1 Å². The average molecular weight is 256 g/mol. The van der Waals surface area contributed by atoms with Crippen LogP contribution in [0.15, 0.2) is 29.3 Å². The summed E-state index contributed by atoms with van der Waals surface area (Å²) in [6.45, 7) is 3.95. The number of rotatable bonds is 4. The summed E-state index contributed by atoms with van der Waals surface area (Å²) in [5.41, 5.74) is 12.3. The fourth-order valence-corrected chi connectivity index (χ4v) is 1.36. The van der Waals surface area contributed by atoms with Gasteiger partial charge in [-0.25, -0.2) is 4.99 Å². The van der Waals surface area contributed by atoms with Crippen molar-refractivity contribution < 1.29 is 0 Å². The normalized spacial score (nSPS) is 13.6. The molecule has 1 atom stereocenters. The van der Waals surface area contributed by atoms with E-state index < -0.39 is 6.29 Å². The molecule has 1 aromatic rings. The largest absolute Gasteiger partial charge is 0.370 e. The molecule has 0 aromatic heterocycles. The van der Waals surface area contributed by atoms with Crippen molar-refractivity contribution >= 4 is 23.2 Å². The van der Waals surface area contributed by atoms with Gasteiger partial charge < -0.3 is 16.4 Å². The van der Waals surface area contributed by atoms with Crippen molar-refractivity contribution in [1.29, 1.82) is 0 Å². The van der Waals surface area contributed by atoms with E-state index in [0.717, 1.165) is 5.69 Å². The predicted octanol–water partition coefficient (Wildman–Crippen LogP) is 1.31. The first-order valence-electron chi connectivity index (χ1n) is 5.35. The third kappa shape index (κ3) is 5.42. The predicted molar refractivity (Wildman–Crippen MR) is 72.9 cm³/mol. The molecule has 5 nitrogen and oxygen atoms in total. The zero-order chi connectivity index (χ0) is 12.8. The lowest BCUT2D eigenvalue weighted by Gasteiger charge is -2.14. The number of anilines is 1. The van der Waals surface area contributed by atoms with Crippen LogP contribution >= 0.6 is 11.6 Å². The van der Waals surface area contributed by atoms with Gasteiger partial charge in [0.1, 0.15) is 0 Å². The number of guanidine groups is 1. The molecular formula is C11H18ClN5. The van der Waals surface area contributed by atoms with E-state index in [1.165, 1.54) is 0 Å². The topological polar surface area (TPSA) is 88.5 Å². The van der Waals surface area contributed by atoms with Crippen molar-refractivity contribution in [2.75, 3.05) is 5.32 Å². The van der Waals surface area contributed by atoms with Gasteiger partial charge in [0.25, 0.3) is 0 Å². The molecule has 0 radical (unpaired) electrons. The van der Waals surface area contributed by atoms with E-state index >= 15 is 0 Å². The summed E-state index contributed by atoms with van der Waals surface area (Å²) >= 11 is 5.77. The molecule has 6 heteroatoms. The third-order valence-corrected chi connectivity index (χ3v) is 2.13. The molecule has 0 bridgehead atoms. The lowest BCUT2D eigenvalue weighted by molar-refractivity contribution is 0.710. The first-order chi connectivity index (χ1) is 7.97. The Balaban J connectivity index is 2.54. The minimum Gasteiger partial charge on any atom is -0.370 e. The Hall–Kier alpha value is -1.46. The van der Waals surface area contributed by atoms with Crippen LogP contribution in [0.2, 0.25) is 5.02 Å². The van der Waals surface area contributed by atoms with E-state index in [1.807, 2.05) is 26.0 Å². The van der Waals surface area contributed by atoms with Gasteiger partial charge >= 0.3 is 0 Å². The molecule has 0 fully saturated rings. The van der Waals surface area contributed by atoms with Crippen LogP contribution in [0.5, 0.6) is 0 Å². The van der Waals surface area contributed by atoms with Crippen molar-refractivity contribution in [1.82, 2.24) is 5.32 Å². The summed E-state index contributed by atoms with van der Waals surface area (Å²) in [5.74, 6) is 0.314. The number of nitrogens with two attached hydrogens (primary N) is 2. The Kier molecular flexibility index (Phi) is 5.06. The van der Waals surface area contributed by atoms with Crippen LogP contribution in [0.25, 0.3) is 0 Å². The molecule has 0 saturated heterocycles. The van der Waals surface area contributed by atoms with E-state index in [2.05, 4.69) is 15.6 Å². The highest BCUT2D eigenvalue weighted by Crippen LogP contribution is 2.13. The molecule has 0 spiro atoms. The minimum atomic E-state index is -0.595. The second-order valence-corrected chi connectivity index (χ2v) is 4.35. The molecule has 1 aromatic carbocycles. The highest BCUT2D eigenvalue weighted by Gasteiger charge is 2.02. The summed E-state index contributed by atoms with van der Waals surface area (Å²) in [6.07, 6.45) is -0.595. The van der Waals surface area contributed by atoms with Gasteiger partial charge in [-0.2, -0.15) is 0 Å². The van der Waals surface area contributed by atoms with Gasteiger partial charge in [0.05, 0.1) is 0 Å². The monoisotopic (exact) mass is 255 g/mol. The van der Waals surface area contributed by atoms with Crippen LogP contribution < -0.4 is 22.1 Å². The summed E-state index contributed by atoms with van der Waals surface area (Å²) in [4.78, 5) is 4.05. The van der Waals surface area contributed by atoms with Crippen LogP contribution in [-0.2, 0) is 0 Å². The van der Waals surface area contributed by atoms with Gasteiger partial charge in [0.2, 0.25) is 0 Å². The lowest BCUT2D eigenvalue weighted by atomic mass is 10.3. The Morgan fingerprint density at radius 1 is 1.29 bits per heavy atom. The minimum absolute atomic E-state index is 0.224. The number of aliphatic imine (C=N–C) groups is 1. The summed E-state index contributed by atoms with van der Waals surface area (Å²) < 4.78 is 0. The number of hydrogen-bond donors (Lipinski definition) is 4. The van der Waals surface area contributed by atoms with Crippen molar-refractivity contribution in [2.45, 2.75) is 26.2 Å². The van der Waals surface area contributed by atoms with Crippen LogP contribution in [0.4, 0.5) is 5.69 Å². The third-order valence-electron chi connectivity index (χ3n) is 1.87. The molecule has 94 valence electrons. The Morgan fingerprint density at radius 3 is 2.41 bits per heavy atom. The molecule has 6 N–H and O–H groups in total. The Bertz CT molecular complexity index is 374. The van der Waals surface area contributed by atoms with Gasteiger partial charge in [0, 0.05) is 16.8 Å². The molecule has 0 aliphatic rings. The Morgan fingerprint density at radius 2 is 1.88 bits per heavy atom. The highest BCUT2D eigenvalue weighted by atomic mass is 35.5. The number of hydrogen-bond acceptors (Lipinski definition) is 3. The number of nitrogens with zero attached hydrogens (tertiary/aromatic N) is 1. The summed E-state index contributed by atoms with van der Waals surface area (Å²) in [5, 5.41) is 6.61. The smallest absolute Gasteiger partial charge is 0.192 e. The molecule has 0 amide bonds. The first-order valence-corrected chi connectivity index (χ1v) is 5.72. The number of nitrogens with one attached hydrogen (secondary N) is 2. The van der Waals surface area contributed by atoms with E-state index in [1.54, 1.807) is 12.1 Å². The van der Waals surface area contributed by atoms with Crippen molar-refractivity contribution in [3.05, 3.63) is 29.3 Å². The summed E-state index contributed by atoms with van der Waals surface area (Å²) in [7, 11) is 0. The van der Waals surface area contributed by atoms with Gasteiger partial charge in [-0.15, -0.1) is 0 Å². The van der Waals surface area contributed by atoms with Crippen LogP contribution in [0.1, 0.15) is 13.8 Å². The molecule has 0 aliphatic heterocycles. The molecule has 0 saturated carbocycles. The zero-order valence-electron chi connectivity index (χ0n) is 9.94. The van der Waals surface area contributed by atoms with E-state index in [-0.39, 0.29) is 6.04 Å². The maximum atomic E-state index is 5.77. The first kappa shape index (κ1) is 13.6. The Labute approximate surface area is 106 Å². The van der Waals surface area contributed by atoms with Gasteiger partial charge in [-0.1, -0.05) is 11.6 Å². The van der Waals surface area contributed by atoms with Gasteiger partial charge in [-0.3, -0.25) is 5.73 Å². The van der Waals surface area contributed by atoms with Crippen molar-refractivity contribution in [3.63, 3.8) is 0 Å². The molecule has 0 heterocycles. The fourth-order valence-electron chi connectivity index (χ4n) is 1.23. The fraction of sp³-hybridized carbons (Fsp3) is 0.364. The number of benzene rings is 1. The summed E-state index contributed by atoms with van der Waals surface area (Å²) in [6, 6.07) is 7.42. The molecule has 1 rings (SSSR count). The van der Waals surface area contributed by atoms with Crippen molar-refractivity contribution in [3.8, 4) is 0 Å². The SMILES string of the molecule is CC(C)N/C(N)=N/C(N)Nc1ccc(Cl)cc1.